The third-order valence-corrected chi connectivity index (χ3v) is 3.78. The van der Waals surface area contributed by atoms with Gasteiger partial charge in [-0.25, -0.2) is 0 Å². The number of nitrogens with one attached hydrogen (secondary N) is 1. The molecule has 0 saturated carbocycles. The van der Waals surface area contributed by atoms with Gasteiger partial charge in [-0.3, -0.25) is 4.98 Å². The van der Waals surface area contributed by atoms with E-state index in [4.69, 9.17) is 4.74 Å². The summed E-state index contributed by atoms with van der Waals surface area (Å²) in [6, 6.07) is 5.08. The molecule has 4 heteroatoms. The van der Waals surface area contributed by atoms with E-state index in [0.29, 0.717) is 12.1 Å². The average molecular weight is 263 g/mol. The van der Waals surface area contributed by atoms with Gasteiger partial charge in [0.1, 0.15) is 0 Å². The Balaban J connectivity index is 1.97. The molecular weight excluding hydrogens is 238 g/mol. The zero-order valence-electron chi connectivity index (χ0n) is 12.2. The molecule has 1 aromatic heterocycles. The van der Waals surface area contributed by atoms with Gasteiger partial charge in [0.05, 0.1) is 30.2 Å². The Morgan fingerprint density at radius 3 is 2.95 bits per heavy atom. The molecule has 0 radical (unpaired) electrons. The van der Waals surface area contributed by atoms with Crippen molar-refractivity contribution in [2.24, 2.45) is 0 Å². The van der Waals surface area contributed by atoms with Gasteiger partial charge in [0.15, 0.2) is 0 Å². The van der Waals surface area contributed by atoms with E-state index in [1.165, 1.54) is 5.69 Å². The van der Waals surface area contributed by atoms with Gasteiger partial charge >= 0.3 is 0 Å². The minimum Gasteiger partial charge on any atom is -0.379 e. The van der Waals surface area contributed by atoms with E-state index >= 15 is 0 Å². The maximum Gasteiger partial charge on any atom is 0.0670 e. The van der Waals surface area contributed by atoms with E-state index in [1.807, 2.05) is 6.20 Å². The van der Waals surface area contributed by atoms with Crippen LogP contribution in [0.5, 0.6) is 0 Å². The molecule has 1 N–H and O–H groups in total. The molecule has 2 rings (SSSR count). The monoisotopic (exact) mass is 263 g/mol. The molecule has 106 valence electrons. The van der Waals surface area contributed by atoms with Crippen molar-refractivity contribution >= 4 is 5.69 Å². The highest BCUT2D eigenvalue weighted by atomic mass is 16.5. The van der Waals surface area contributed by atoms with Crippen LogP contribution in [-0.4, -0.2) is 37.8 Å². The van der Waals surface area contributed by atoms with Gasteiger partial charge in [-0.15, -0.1) is 0 Å². The smallest absolute Gasteiger partial charge is 0.0670 e. The average Bonchev–Trinajstić information content (AvgIpc) is 2.98. The fourth-order valence-corrected chi connectivity index (χ4v) is 2.37. The van der Waals surface area contributed by atoms with E-state index < -0.39 is 0 Å². The number of likely N-dealkylation sites (N-methyl/N-ethyl adjacent to an activating group) is 1. The van der Waals surface area contributed by atoms with Crippen LogP contribution in [0.2, 0.25) is 0 Å². The normalized spacial score (nSPS) is 20.5. The third-order valence-electron chi connectivity index (χ3n) is 3.78. The zero-order valence-corrected chi connectivity index (χ0v) is 12.2. The van der Waals surface area contributed by atoms with Crippen LogP contribution in [0.1, 0.15) is 38.4 Å². The fraction of sp³-hybridized carbons (Fsp3) is 0.667. The fourth-order valence-electron chi connectivity index (χ4n) is 2.37. The summed E-state index contributed by atoms with van der Waals surface area (Å²) >= 11 is 0. The molecule has 2 unspecified atom stereocenters. The van der Waals surface area contributed by atoms with Crippen molar-refractivity contribution in [1.82, 2.24) is 10.3 Å². The summed E-state index contributed by atoms with van der Waals surface area (Å²) in [5.41, 5.74) is 2.27. The molecule has 1 aromatic rings. The van der Waals surface area contributed by atoms with Gasteiger partial charge in [0, 0.05) is 19.7 Å². The molecule has 2 atom stereocenters. The lowest BCUT2D eigenvalue weighted by Gasteiger charge is -2.25. The Morgan fingerprint density at radius 2 is 2.37 bits per heavy atom. The first-order chi connectivity index (χ1) is 9.22. The Kier molecular flexibility index (Phi) is 5.16. The number of ether oxygens (including phenoxy) is 1. The van der Waals surface area contributed by atoms with Crippen molar-refractivity contribution in [3.63, 3.8) is 0 Å². The van der Waals surface area contributed by atoms with Gasteiger partial charge < -0.3 is 15.0 Å². The predicted molar refractivity (Wildman–Crippen MR) is 78.6 cm³/mol. The van der Waals surface area contributed by atoms with Gasteiger partial charge in [-0.1, -0.05) is 6.92 Å². The minimum atomic E-state index is 0.314. The lowest BCUT2D eigenvalue weighted by molar-refractivity contribution is 0.193. The first-order valence-corrected chi connectivity index (χ1v) is 7.22. The Morgan fingerprint density at radius 1 is 1.53 bits per heavy atom. The molecule has 0 aliphatic carbocycles. The van der Waals surface area contributed by atoms with Crippen LogP contribution in [0.4, 0.5) is 5.69 Å². The van der Waals surface area contributed by atoms with Gasteiger partial charge in [-0.2, -0.15) is 0 Å². The van der Waals surface area contributed by atoms with Crippen LogP contribution in [0.25, 0.3) is 0 Å². The number of nitrogens with zero attached hydrogens (tertiary/aromatic N) is 2. The minimum absolute atomic E-state index is 0.314. The number of hydrogen-bond acceptors (Lipinski definition) is 4. The molecule has 19 heavy (non-hydrogen) atoms. The second-order valence-corrected chi connectivity index (χ2v) is 5.25. The van der Waals surface area contributed by atoms with Crippen molar-refractivity contribution in [1.29, 1.82) is 0 Å². The number of anilines is 1. The quantitative estimate of drug-likeness (QED) is 0.855. The highest BCUT2D eigenvalue weighted by Gasteiger charge is 2.20. The number of pyridine rings is 1. The number of hydrogen-bond donors (Lipinski definition) is 1. The van der Waals surface area contributed by atoms with Gasteiger partial charge in [-0.05, 0) is 38.4 Å². The summed E-state index contributed by atoms with van der Waals surface area (Å²) < 4.78 is 5.43. The summed E-state index contributed by atoms with van der Waals surface area (Å²) in [5, 5.41) is 3.46. The van der Waals surface area contributed by atoms with Crippen LogP contribution in [0.3, 0.4) is 0 Å². The maximum atomic E-state index is 5.43. The second kappa shape index (κ2) is 6.87. The molecular formula is C15H25N3O. The van der Waals surface area contributed by atoms with Crippen LogP contribution in [0, 0.1) is 0 Å². The number of rotatable bonds is 6. The lowest BCUT2D eigenvalue weighted by atomic mass is 10.2. The Bertz CT molecular complexity index is 373. The summed E-state index contributed by atoms with van der Waals surface area (Å²) in [6.45, 7) is 7.07. The zero-order chi connectivity index (χ0) is 13.7. The molecule has 1 saturated heterocycles. The van der Waals surface area contributed by atoms with Crippen LogP contribution >= 0.6 is 0 Å². The molecule has 0 spiro atoms. The van der Waals surface area contributed by atoms with Crippen molar-refractivity contribution in [2.75, 3.05) is 31.7 Å². The van der Waals surface area contributed by atoms with E-state index in [-0.39, 0.29) is 0 Å². The topological polar surface area (TPSA) is 37.4 Å². The maximum absolute atomic E-state index is 5.43. The highest BCUT2D eigenvalue weighted by Crippen LogP contribution is 2.20. The standard InChI is InChI=1S/C15H25N3O/c1-4-8-16-12(2)15-6-5-13(10-17-15)18(3)14-7-9-19-11-14/h5-6,10,12,14,16H,4,7-9,11H2,1-3H3. The molecule has 0 aromatic carbocycles. The summed E-state index contributed by atoms with van der Waals surface area (Å²) in [6.07, 6.45) is 4.22. The third kappa shape index (κ3) is 3.67. The van der Waals surface area contributed by atoms with E-state index in [9.17, 15) is 0 Å². The predicted octanol–water partition coefficient (Wildman–Crippen LogP) is 2.37. The lowest BCUT2D eigenvalue weighted by Crippen LogP contribution is -2.31. The summed E-state index contributed by atoms with van der Waals surface area (Å²) in [5.74, 6) is 0. The van der Waals surface area contributed by atoms with Crippen molar-refractivity contribution in [3.8, 4) is 0 Å². The first kappa shape index (κ1) is 14.3. The van der Waals surface area contributed by atoms with Gasteiger partial charge in [0.2, 0.25) is 0 Å². The van der Waals surface area contributed by atoms with Gasteiger partial charge in [0.25, 0.3) is 0 Å². The molecule has 0 amide bonds. The summed E-state index contributed by atoms with van der Waals surface area (Å²) in [7, 11) is 2.12. The van der Waals surface area contributed by atoms with E-state index in [0.717, 1.165) is 38.3 Å². The molecule has 2 heterocycles. The van der Waals surface area contributed by atoms with Crippen molar-refractivity contribution < 1.29 is 4.74 Å². The first-order valence-electron chi connectivity index (χ1n) is 7.22. The molecule has 4 nitrogen and oxygen atoms in total. The van der Waals surface area contributed by atoms with Crippen LogP contribution in [-0.2, 0) is 4.74 Å². The Labute approximate surface area is 116 Å². The van der Waals surface area contributed by atoms with Crippen LogP contribution < -0.4 is 10.2 Å². The SMILES string of the molecule is CCCNC(C)c1ccc(N(C)C2CCOC2)cn1. The number of aromatic nitrogens is 1. The van der Waals surface area contributed by atoms with Crippen molar-refractivity contribution in [2.45, 2.75) is 38.8 Å². The van der Waals surface area contributed by atoms with E-state index in [2.05, 4.69) is 48.2 Å². The van der Waals surface area contributed by atoms with Crippen molar-refractivity contribution in [3.05, 3.63) is 24.0 Å². The Hall–Kier alpha value is -1.13. The molecule has 1 aliphatic heterocycles. The molecule has 0 bridgehead atoms. The largest absolute Gasteiger partial charge is 0.379 e. The highest BCUT2D eigenvalue weighted by molar-refractivity contribution is 5.45. The molecule has 1 fully saturated rings. The van der Waals surface area contributed by atoms with E-state index in [1.54, 1.807) is 0 Å². The van der Waals surface area contributed by atoms with Crippen LogP contribution in [0.15, 0.2) is 18.3 Å². The second-order valence-electron chi connectivity index (χ2n) is 5.25. The molecule has 1 aliphatic rings. The summed E-state index contributed by atoms with van der Waals surface area (Å²) in [4.78, 5) is 6.85.